The van der Waals surface area contributed by atoms with E-state index in [1.807, 2.05) is 0 Å². The maximum atomic E-state index is 13.1. The minimum atomic E-state index is -0.273. The fraction of sp³-hybridized carbons (Fsp3) is 0.333. The molecule has 0 atom stereocenters. The summed E-state index contributed by atoms with van der Waals surface area (Å²) in [4.78, 5) is 26.0. The highest BCUT2D eigenvalue weighted by atomic mass is 19.1. The number of amides is 2. The second-order valence-electron chi connectivity index (χ2n) is 6.91. The van der Waals surface area contributed by atoms with Crippen molar-refractivity contribution in [3.05, 3.63) is 53.8 Å². The predicted octanol–water partition coefficient (Wildman–Crippen LogP) is 3.40. The van der Waals surface area contributed by atoms with Gasteiger partial charge < -0.3 is 15.4 Å². The summed E-state index contributed by atoms with van der Waals surface area (Å²) in [5.41, 5.74) is 2.04. The molecule has 1 aliphatic rings. The van der Waals surface area contributed by atoms with Crippen molar-refractivity contribution in [2.45, 2.75) is 32.4 Å². The van der Waals surface area contributed by atoms with Gasteiger partial charge in [0.15, 0.2) is 0 Å². The zero-order valence-electron chi connectivity index (χ0n) is 16.0. The molecular formula is C21H24FN3O3. The van der Waals surface area contributed by atoms with Gasteiger partial charge in [-0.1, -0.05) is 12.1 Å². The van der Waals surface area contributed by atoms with E-state index in [1.54, 1.807) is 30.3 Å². The molecule has 0 saturated heterocycles. The molecule has 148 valence electrons. The molecule has 6 nitrogen and oxygen atoms in total. The van der Waals surface area contributed by atoms with Crippen molar-refractivity contribution in [3.8, 4) is 5.75 Å². The Labute approximate surface area is 163 Å². The van der Waals surface area contributed by atoms with Gasteiger partial charge in [0, 0.05) is 25.2 Å². The number of nitrogens with zero attached hydrogens (tertiary/aromatic N) is 1. The molecule has 0 unspecified atom stereocenters. The van der Waals surface area contributed by atoms with E-state index >= 15 is 0 Å². The molecule has 0 bridgehead atoms. The van der Waals surface area contributed by atoms with Gasteiger partial charge in [0.25, 0.3) is 0 Å². The maximum absolute atomic E-state index is 13.1. The maximum Gasteiger partial charge on any atom is 0.238 e. The molecule has 28 heavy (non-hydrogen) atoms. The number of ether oxygens (including phenoxy) is 1. The molecule has 3 rings (SSSR count). The number of carbonyl (C=O) groups excluding carboxylic acids is 2. The highest BCUT2D eigenvalue weighted by molar-refractivity contribution is 5.95. The van der Waals surface area contributed by atoms with Crippen LogP contribution in [0.15, 0.2) is 42.5 Å². The number of nitrogens with one attached hydrogen (secondary N) is 2. The van der Waals surface area contributed by atoms with Crippen molar-refractivity contribution in [2.24, 2.45) is 0 Å². The van der Waals surface area contributed by atoms with Gasteiger partial charge in [0.2, 0.25) is 11.8 Å². The van der Waals surface area contributed by atoms with Crippen LogP contribution in [0.5, 0.6) is 5.75 Å². The molecule has 1 fully saturated rings. The Morgan fingerprint density at radius 1 is 1.14 bits per heavy atom. The van der Waals surface area contributed by atoms with Crippen molar-refractivity contribution >= 4 is 23.2 Å². The SMILES string of the molecule is COc1ccc(NC(C)=O)cc1NC(=O)CN(Cc1ccc(F)cc1)C1CC1. The van der Waals surface area contributed by atoms with Crippen LogP contribution >= 0.6 is 0 Å². The zero-order chi connectivity index (χ0) is 20.1. The zero-order valence-corrected chi connectivity index (χ0v) is 16.0. The molecule has 2 aromatic carbocycles. The Morgan fingerprint density at radius 2 is 1.86 bits per heavy atom. The van der Waals surface area contributed by atoms with Gasteiger partial charge in [-0.25, -0.2) is 4.39 Å². The largest absolute Gasteiger partial charge is 0.495 e. The molecule has 0 radical (unpaired) electrons. The van der Waals surface area contributed by atoms with Crippen LogP contribution < -0.4 is 15.4 Å². The minimum Gasteiger partial charge on any atom is -0.495 e. The number of carbonyl (C=O) groups is 2. The third-order valence-electron chi connectivity index (χ3n) is 4.50. The molecule has 2 aromatic rings. The van der Waals surface area contributed by atoms with Crippen molar-refractivity contribution in [2.75, 3.05) is 24.3 Å². The molecule has 0 spiro atoms. The molecular weight excluding hydrogens is 361 g/mol. The number of halogens is 1. The van der Waals surface area contributed by atoms with Crippen LogP contribution in [0.2, 0.25) is 0 Å². The number of hydrogen-bond acceptors (Lipinski definition) is 4. The monoisotopic (exact) mass is 385 g/mol. The van der Waals surface area contributed by atoms with E-state index in [0.29, 0.717) is 29.7 Å². The summed E-state index contributed by atoms with van der Waals surface area (Å²) in [6.07, 6.45) is 2.10. The average molecular weight is 385 g/mol. The van der Waals surface area contributed by atoms with E-state index in [2.05, 4.69) is 15.5 Å². The van der Waals surface area contributed by atoms with Crippen LogP contribution in [0, 0.1) is 5.82 Å². The van der Waals surface area contributed by atoms with Crippen LogP contribution in [0.3, 0.4) is 0 Å². The molecule has 2 N–H and O–H groups in total. The lowest BCUT2D eigenvalue weighted by atomic mass is 10.2. The van der Waals surface area contributed by atoms with Crippen LogP contribution in [-0.2, 0) is 16.1 Å². The van der Waals surface area contributed by atoms with Crippen molar-refractivity contribution in [3.63, 3.8) is 0 Å². The van der Waals surface area contributed by atoms with E-state index < -0.39 is 0 Å². The fourth-order valence-electron chi connectivity index (χ4n) is 3.04. The summed E-state index contributed by atoms with van der Waals surface area (Å²) in [6, 6.07) is 11.8. The Hall–Kier alpha value is -2.93. The van der Waals surface area contributed by atoms with Gasteiger partial charge in [-0.05, 0) is 48.7 Å². The summed E-state index contributed by atoms with van der Waals surface area (Å²) in [5, 5.41) is 5.56. The lowest BCUT2D eigenvalue weighted by Gasteiger charge is -2.22. The lowest BCUT2D eigenvalue weighted by molar-refractivity contribution is -0.117. The van der Waals surface area contributed by atoms with Gasteiger partial charge in [-0.3, -0.25) is 14.5 Å². The normalized spacial score (nSPS) is 13.3. The van der Waals surface area contributed by atoms with Crippen molar-refractivity contribution in [1.29, 1.82) is 0 Å². The van der Waals surface area contributed by atoms with Crippen LogP contribution in [0.25, 0.3) is 0 Å². The molecule has 0 aliphatic heterocycles. The van der Waals surface area contributed by atoms with E-state index in [9.17, 15) is 14.0 Å². The van der Waals surface area contributed by atoms with E-state index in [1.165, 1.54) is 26.2 Å². The van der Waals surface area contributed by atoms with E-state index in [-0.39, 0.29) is 24.2 Å². The third-order valence-corrected chi connectivity index (χ3v) is 4.50. The highest BCUT2D eigenvalue weighted by Gasteiger charge is 2.30. The average Bonchev–Trinajstić information content (AvgIpc) is 3.48. The molecule has 7 heteroatoms. The Balaban J connectivity index is 1.67. The number of methoxy groups -OCH3 is 1. The summed E-state index contributed by atoms with van der Waals surface area (Å²) in [6.45, 7) is 2.22. The molecule has 0 heterocycles. The first-order chi connectivity index (χ1) is 13.4. The second-order valence-corrected chi connectivity index (χ2v) is 6.91. The summed E-state index contributed by atoms with van der Waals surface area (Å²) in [7, 11) is 1.52. The predicted molar refractivity (Wildman–Crippen MR) is 106 cm³/mol. The van der Waals surface area contributed by atoms with Crippen molar-refractivity contribution in [1.82, 2.24) is 4.90 Å². The molecule has 2 amide bonds. The number of anilines is 2. The third kappa shape index (κ3) is 5.53. The standard InChI is InChI=1S/C21H24FN3O3/c1-14(26)23-17-7-10-20(28-2)19(11-17)24-21(27)13-25(18-8-9-18)12-15-3-5-16(22)6-4-15/h3-7,10-11,18H,8-9,12-13H2,1-2H3,(H,23,26)(H,24,27). The summed E-state index contributed by atoms with van der Waals surface area (Å²) < 4.78 is 18.4. The van der Waals surface area contributed by atoms with Gasteiger partial charge >= 0.3 is 0 Å². The van der Waals surface area contributed by atoms with E-state index in [0.717, 1.165) is 18.4 Å². The topological polar surface area (TPSA) is 70.7 Å². The lowest BCUT2D eigenvalue weighted by Crippen LogP contribution is -2.34. The summed E-state index contributed by atoms with van der Waals surface area (Å²) in [5.74, 6) is -0.126. The number of benzene rings is 2. The van der Waals surface area contributed by atoms with Crippen molar-refractivity contribution < 1.29 is 18.7 Å². The minimum absolute atomic E-state index is 0.174. The van der Waals surface area contributed by atoms with Gasteiger partial charge in [-0.15, -0.1) is 0 Å². The van der Waals surface area contributed by atoms with Crippen LogP contribution in [0.1, 0.15) is 25.3 Å². The van der Waals surface area contributed by atoms with Gasteiger partial charge in [-0.2, -0.15) is 0 Å². The second kappa shape index (κ2) is 8.84. The first-order valence-corrected chi connectivity index (χ1v) is 9.18. The first kappa shape index (κ1) is 19.8. The highest BCUT2D eigenvalue weighted by Crippen LogP contribution is 2.30. The first-order valence-electron chi connectivity index (χ1n) is 9.18. The van der Waals surface area contributed by atoms with Crippen LogP contribution in [0.4, 0.5) is 15.8 Å². The Bertz CT molecular complexity index is 850. The fourth-order valence-corrected chi connectivity index (χ4v) is 3.04. The number of hydrogen-bond donors (Lipinski definition) is 2. The summed E-state index contributed by atoms with van der Waals surface area (Å²) >= 11 is 0. The molecule has 1 aliphatic carbocycles. The quantitative estimate of drug-likeness (QED) is 0.731. The Morgan fingerprint density at radius 3 is 2.46 bits per heavy atom. The van der Waals surface area contributed by atoms with Gasteiger partial charge in [0.05, 0.1) is 19.3 Å². The Kier molecular flexibility index (Phi) is 6.26. The van der Waals surface area contributed by atoms with E-state index in [4.69, 9.17) is 4.74 Å². The molecule has 1 saturated carbocycles. The number of rotatable bonds is 8. The smallest absolute Gasteiger partial charge is 0.238 e. The van der Waals surface area contributed by atoms with Gasteiger partial charge in [0.1, 0.15) is 11.6 Å². The van der Waals surface area contributed by atoms with Crippen LogP contribution in [-0.4, -0.2) is 36.4 Å². The molecule has 0 aromatic heterocycles.